The van der Waals surface area contributed by atoms with Crippen molar-refractivity contribution in [3.8, 4) is 0 Å². The highest BCUT2D eigenvalue weighted by Gasteiger charge is 2.79. The molecule has 0 saturated carbocycles. The molecule has 9 heteroatoms. The summed E-state index contributed by atoms with van der Waals surface area (Å²) in [6.45, 7) is 7.50. The van der Waals surface area contributed by atoms with Crippen LogP contribution in [0, 0.1) is 11.8 Å². The van der Waals surface area contributed by atoms with Crippen LogP contribution < -0.4 is 15.5 Å². The van der Waals surface area contributed by atoms with E-state index in [4.69, 9.17) is 4.74 Å². The Bertz CT molecular complexity index is 1530. The number of carbonyl (C=O) groups is 3. The largest absolute Gasteiger partial charge is 0.394 e. The maximum Gasteiger partial charge on any atom is 0.250 e. The van der Waals surface area contributed by atoms with Gasteiger partial charge in [-0.15, -0.1) is 0 Å². The van der Waals surface area contributed by atoms with Gasteiger partial charge in [-0.05, 0) is 75.1 Å². The minimum absolute atomic E-state index is 0.295. The summed E-state index contributed by atoms with van der Waals surface area (Å²) in [6, 6.07) is 24.2. The first-order chi connectivity index (χ1) is 21.8. The van der Waals surface area contributed by atoms with Crippen molar-refractivity contribution in [1.29, 1.82) is 0 Å². The Hall–Kier alpha value is -4.21. The molecule has 3 fully saturated rings. The van der Waals surface area contributed by atoms with Crippen molar-refractivity contribution in [3.05, 3.63) is 90.5 Å². The van der Waals surface area contributed by atoms with Crippen molar-refractivity contribution in [1.82, 2.24) is 4.90 Å². The van der Waals surface area contributed by atoms with Gasteiger partial charge in [0.2, 0.25) is 17.7 Å². The molecule has 3 aliphatic heterocycles. The number of benzene rings is 3. The number of carbonyl (C=O) groups excluding carboxylic acids is 3. The van der Waals surface area contributed by atoms with Gasteiger partial charge in [0.1, 0.15) is 11.6 Å². The fourth-order valence-electron chi connectivity index (χ4n) is 8.02. The third-order valence-electron chi connectivity index (χ3n) is 10.1. The lowest BCUT2D eigenvalue weighted by Gasteiger charge is -2.37. The van der Waals surface area contributed by atoms with Gasteiger partial charge in [-0.1, -0.05) is 55.5 Å². The highest BCUT2D eigenvalue weighted by molar-refractivity contribution is 6.05. The van der Waals surface area contributed by atoms with E-state index in [1.165, 1.54) is 4.90 Å². The number of para-hydroxylation sites is 1. The zero-order valence-corrected chi connectivity index (χ0v) is 26.1. The number of likely N-dealkylation sites (tertiary alicyclic amines) is 1. The molecule has 3 saturated heterocycles. The lowest BCUT2D eigenvalue weighted by Crippen LogP contribution is -2.54. The molecule has 45 heavy (non-hydrogen) atoms. The number of hydrogen-bond donors (Lipinski definition) is 3. The summed E-state index contributed by atoms with van der Waals surface area (Å²) in [7, 11) is 0. The van der Waals surface area contributed by atoms with Gasteiger partial charge in [0.15, 0.2) is 0 Å². The lowest BCUT2D eigenvalue weighted by atomic mass is 9.65. The van der Waals surface area contributed by atoms with Crippen LogP contribution in [0.25, 0.3) is 0 Å². The Balaban J connectivity index is 1.40. The molecule has 6 atom stereocenters. The fraction of sp³-hybridized carbons (Fsp3) is 0.417. The molecule has 3 aromatic carbocycles. The summed E-state index contributed by atoms with van der Waals surface area (Å²) in [4.78, 5) is 46.9. The number of rotatable bonds is 11. The van der Waals surface area contributed by atoms with E-state index in [9.17, 15) is 19.5 Å². The van der Waals surface area contributed by atoms with Crippen LogP contribution in [-0.4, -0.2) is 64.7 Å². The average Bonchev–Trinajstić information content (AvgIpc) is 3.67. The first-order valence-corrected chi connectivity index (χ1v) is 16.0. The van der Waals surface area contributed by atoms with Crippen molar-refractivity contribution in [2.45, 2.75) is 63.3 Å². The van der Waals surface area contributed by atoms with E-state index in [-0.39, 0.29) is 18.4 Å². The molecule has 0 aromatic heterocycles. The number of aliphatic hydroxyl groups excluding tert-OH is 1. The van der Waals surface area contributed by atoms with Crippen LogP contribution in [0.1, 0.15) is 51.6 Å². The number of ether oxygens (including phenoxy) is 1. The van der Waals surface area contributed by atoms with Crippen LogP contribution in [0.3, 0.4) is 0 Å². The van der Waals surface area contributed by atoms with Crippen molar-refractivity contribution < 1.29 is 24.2 Å². The monoisotopic (exact) mass is 610 g/mol. The van der Waals surface area contributed by atoms with E-state index in [1.54, 1.807) is 0 Å². The molecule has 3 heterocycles. The standard InChI is InChI=1S/C36H42N4O5/c1-4-35-21-22-36(45-35)30(29(35)32(42)37-25-15-11-8-12-16-25)34(44)40(28(23-41)24-13-9-7-10-14-24)31(36)33(43)38-26-17-19-27(20-18-26)39(5-2)6-3/h7-20,28-31,41H,4-6,21-23H2,1-3H3,(H,37,42)(H,38,43)/t28-,29-,30+,31?,35+,36?/m1/s1. The summed E-state index contributed by atoms with van der Waals surface area (Å²) in [5, 5.41) is 16.8. The Labute approximate surface area is 264 Å². The summed E-state index contributed by atoms with van der Waals surface area (Å²) >= 11 is 0. The second-order valence-electron chi connectivity index (χ2n) is 12.3. The van der Waals surface area contributed by atoms with E-state index in [0.717, 1.165) is 18.8 Å². The summed E-state index contributed by atoms with van der Waals surface area (Å²) in [5.41, 5.74) is 0.882. The molecule has 1 spiro atoms. The van der Waals surface area contributed by atoms with Gasteiger partial charge >= 0.3 is 0 Å². The van der Waals surface area contributed by atoms with E-state index < -0.39 is 41.0 Å². The van der Waals surface area contributed by atoms with E-state index in [0.29, 0.717) is 36.2 Å². The van der Waals surface area contributed by atoms with E-state index in [2.05, 4.69) is 29.4 Å². The van der Waals surface area contributed by atoms with Crippen LogP contribution in [0.5, 0.6) is 0 Å². The van der Waals surface area contributed by atoms with Gasteiger partial charge < -0.3 is 30.3 Å². The molecular formula is C36H42N4O5. The number of amides is 3. The molecule has 6 rings (SSSR count). The first kappa shape index (κ1) is 30.8. The van der Waals surface area contributed by atoms with Crippen molar-refractivity contribution >= 4 is 34.8 Å². The van der Waals surface area contributed by atoms with Gasteiger partial charge in [-0.3, -0.25) is 14.4 Å². The first-order valence-electron chi connectivity index (χ1n) is 16.0. The smallest absolute Gasteiger partial charge is 0.250 e. The Morgan fingerprint density at radius 2 is 1.49 bits per heavy atom. The minimum atomic E-state index is -1.22. The summed E-state index contributed by atoms with van der Waals surface area (Å²) < 4.78 is 6.90. The molecule has 236 valence electrons. The fourth-order valence-corrected chi connectivity index (χ4v) is 8.02. The highest BCUT2D eigenvalue weighted by Crippen LogP contribution is 2.65. The van der Waals surface area contributed by atoms with Gasteiger partial charge in [-0.2, -0.15) is 0 Å². The third-order valence-corrected chi connectivity index (χ3v) is 10.1. The molecule has 3 aromatic rings. The summed E-state index contributed by atoms with van der Waals surface area (Å²) in [5.74, 6) is -2.72. The molecule has 3 aliphatic rings. The van der Waals surface area contributed by atoms with Crippen LogP contribution in [-0.2, 0) is 19.1 Å². The zero-order valence-electron chi connectivity index (χ0n) is 26.1. The molecule has 3 amide bonds. The molecule has 0 radical (unpaired) electrons. The second kappa shape index (κ2) is 12.3. The number of aliphatic hydroxyl groups is 1. The second-order valence-corrected chi connectivity index (χ2v) is 12.3. The van der Waals surface area contributed by atoms with Crippen LogP contribution in [0.2, 0.25) is 0 Å². The normalized spacial score (nSPS) is 27.2. The van der Waals surface area contributed by atoms with Crippen molar-refractivity contribution in [2.75, 3.05) is 35.2 Å². The number of nitrogens with one attached hydrogen (secondary N) is 2. The van der Waals surface area contributed by atoms with Gasteiger partial charge in [-0.25, -0.2) is 0 Å². The number of nitrogens with zero attached hydrogens (tertiary/aromatic N) is 2. The van der Waals surface area contributed by atoms with Crippen molar-refractivity contribution in [3.63, 3.8) is 0 Å². The quantitative estimate of drug-likeness (QED) is 0.282. The van der Waals surface area contributed by atoms with Crippen LogP contribution >= 0.6 is 0 Å². The highest BCUT2D eigenvalue weighted by atomic mass is 16.5. The van der Waals surface area contributed by atoms with E-state index >= 15 is 0 Å². The number of fused-ring (bicyclic) bond motifs is 1. The van der Waals surface area contributed by atoms with Crippen LogP contribution in [0.15, 0.2) is 84.9 Å². The number of hydrogen-bond acceptors (Lipinski definition) is 6. The number of anilines is 3. The van der Waals surface area contributed by atoms with E-state index in [1.807, 2.05) is 91.9 Å². The molecule has 3 N–H and O–H groups in total. The predicted octanol–water partition coefficient (Wildman–Crippen LogP) is 5.00. The average molecular weight is 611 g/mol. The maximum atomic E-state index is 14.7. The van der Waals surface area contributed by atoms with Gasteiger partial charge in [0, 0.05) is 30.2 Å². The maximum absolute atomic E-state index is 14.7. The Morgan fingerprint density at radius 3 is 2.09 bits per heavy atom. The zero-order chi connectivity index (χ0) is 31.8. The Morgan fingerprint density at radius 1 is 0.889 bits per heavy atom. The third kappa shape index (κ3) is 5.08. The SMILES string of the molecule is CCN(CC)c1ccc(NC(=O)C2N([C@H](CO)c3ccccc3)C(=O)[C@@H]3[C@H](C(=O)Nc4ccccc4)[C@]4(CC)CCC23O4)cc1. The topological polar surface area (TPSA) is 111 Å². The molecule has 0 aliphatic carbocycles. The molecular weight excluding hydrogens is 568 g/mol. The summed E-state index contributed by atoms with van der Waals surface area (Å²) in [6.07, 6.45) is 1.52. The lowest BCUT2D eigenvalue weighted by molar-refractivity contribution is -0.148. The van der Waals surface area contributed by atoms with Crippen LogP contribution in [0.4, 0.5) is 17.1 Å². The van der Waals surface area contributed by atoms with Gasteiger partial charge in [0.25, 0.3) is 0 Å². The Kier molecular flexibility index (Phi) is 8.41. The van der Waals surface area contributed by atoms with Crippen molar-refractivity contribution in [2.24, 2.45) is 11.8 Å². The predicted molar refractivity (Wildman–Crippen MR) is 174 cm³/mol. The molecule has 2 bridgehead atoms. The molecule has 2 unspecified atom stereocenters. The van der Waals surface area contributed by atoms with Gasteiger partial charge in [0.05, 0.1) is 30.1 Å². The minimum Gasteiger partial charge on any atom is -0.394 e. The molecule has 9 nitrogen and oxygen atoms in total.